The van der Waals surface area contributed by atoms with Gasteiger partial charge in [-0.25, -0.2) is 0 Å². The zero-order valence-electron chi connectivity index (χ0n) is 22.0. The number of benzene rings is 1. The highest BCUT2D eigenvalue weighted by atomic mass is 35.5. The number of hydrogen-bond donors (Lipinski definition) is 4. The van der Waals surface area contributed by atoms with Crippen molar-refractivity contribution in [1.82, 2.24) is 10.3 Å². The SMILES string of the molecule is COCCCc1c[nH]c2ccc(C(C)C(CC(N)C(O)CNC(=O)C(C)(C)C)C(C)C)cc12.Cl. The molecule has 4 unspecified atom stereocenters. The van der Waals surface area contributed by atoms with Crippen molar-refractivity contribution in [3.8, 4) is 0 Å². The highest BCUT2D eigenvalue weighted by molar-refractivity contribution is 5.85. The minimum Gasteiger partial charge on any atom is -0.390 e. The second-order valence-corrected chi connectivity index (χ2v) is 10.8. The third kappa shape index (κ3) is 8.26. The highest BCUT2D eigenvalue weighted by Gasteiger charge is 2.29. The van der Waals surface area contributed by atoms with Gasteiger partial charge in [0.15, 0.2) is 0 Å². The standard InChI is InChI=1S/C27H45N3O3.ClH/c1-17(2)21(14-23(28)25(31)16-30-26(32)27(4,5)6)18(3)19-10-11-24-22(13-19)20(15-29-24)9-8-12-33-7;/h10-11,13,15,17-18,21,23,25,29,31H,8-9,12,14,16,28H2,1-7H3,(H,30,32);1H. The Morgan fingerprint density at radius 1 is 1.24 bits per heavy atom. The van der Waals surface area contributed by atoms with Crippen molar-refractivity contribution in [2.24, 2.45) is 23.0 Å². The van der Waals surface area contributed by atoms with Crippen molar-refractivity contribution >= 4 is 29.2 Å². The molecule has 0 aliphatic carbocycles. The summed E-state index contributed by atoms with van der Waals surface area (Å²) in [5, 5.41) is 14.7. The first-order valence-electron chi connectivity index (χ1n) is 12.3. The van der Waals surface area contributed by atoms with E-state index >= 15 is 0 Å². The van der Waals surface area contributed by atoms with E-state index < -0.39 is 17.6 Å². The number of methoxy groups -OCH3 is 1. The van der Waals surface area contributed by atoms with Gasteiger partial charge in [-0.1, -0.05) is 47.6 Å². The Morgan fingerprint density at radius 3 is 2.50 bits per heavy atom. The third-order valence-corrected chi connectivity index (χ3v) is 6.80. The van der Waals surface area contributed by atoms with Crippen LogP contribution in [0.15, 0.2) is 24.4 Å². The van der Waals surface area contributed by atoms with Crippen LogP contribution in [0.2, 0.25) is 0 Å². The summed E-state index contributed by atoms with van der Waals surface area (Å²) in [7, 11) is 1.74. The summed E-state index contributed by atoms with van der Waals surface area (Å²) in [5.41, 5.74) is 9.69. The smallest absolute Gasteiger partial charge is 0.225 e. The van der Waals surface area contributed by atoms with Gasteiger partial charge in [0.1, 0.15) is 0 Å². The number of carbonyl (C=O) groups excluding carboxylic acids is 1. The number of aromatic amines is 1. The normalized spacial score (nSPS) is 15.6. The van der Waals surface area contributed by atoms with Gasteiger partial charge in [0, 0.05) is 48.8 Å². The molecule has 0 radical (unpaired) electrons. The van der Waals surface area contributed by atoms with Gasteiger partial charge >= 0.3 is 0 Å². The Bertz CT molecular complexity index is 891. The van der Waals surface area contributed by atoms with Crippen LogP contribution in [0.5, 0.6) is 0 Å². The van der Waals surface area contributed by atoms with E-state index in [1.807, 2.05) is 20.8 Å². The zero-order valence-corrected chi connectivity index (χ0v) is 22.8. The van der Waals surface area contributed by atoms with Gasteiger partial charge in [0.05, 0.1) is 6.10 Å². The number of aliphatic hydroxyl groups excluding tert-OH is 1. The minimum atomic E-state index is -0.774. The topological polar surface area (TPSA) is 100 Å². The summed E-state index contributed by atoms with van der Waals surface area (Å²) in [5.74, 6) is 0.925. The van der Waals surface area contributed by atoms with Crippen LogP contribution in [-0.4, -0.2) is 48.4 Å². The first-order chi connectivity index (χ1) is 15.5. The van der Waals surface area contributed by atoms with Gasteiger partial charge in [0.25, 0.3) is 0 Å². The molecule has 0 saturated carbocycles. The molecule has 0 fully saturated rings. The second kappa shape index (κ2) is 13.5. The maximum Gasteiger partial charge on any atom is 0.225 e. The number of halogens is 1. The number of fused-ring (bicyclic) bond motifs is 1. The molecule has 2 rings (SSSR count). The van der Waals surface area contributed by atoms with Gasteiger partial charge in [0.2, 0.25) is 5.91 Å². The largest absolute Gasteiger partial charge is 0.390 e. The molecule has 2 aromatic rings. The van der Waals surface area contributed by atoms with E-state index in [4.69, 9.17) is 10.5 Å². The minimum absolute atomic E-state index is 0. The fourth-order valence-corrected chi connectivity index (χ4v) is 4.48. The molecule has 0 aliphatic rings. The number of hydrogen-bond acceptors (Lipinski definition) is 4. The lowest BCUT2D eigenvalue weighted by atomic mass is 9.76. The van der Waals surface area contributed by atoms with Crippen molar-refractivity contribution in [3.63, 3.8) is 0 Å². The molecule has 1 heterocycles. The highest BCUT2D eigenvalue weighted by Crippen LogP contribution is 2.35. The maximum atomic E-state index is 12.1. The maximum absolute atomic E-state index is 12.1. The summed E-state index contributed by atoms with van der Waals surface area (Å²) >= 11 is 0. The lowest BCUT2D eigenvalue weighted by Crippen LogP contribution is -2.47. The quantitative estimate of drug-likeness (QED) is 0.318. The number of rotatable bonds is 12. The van der Waals surface area contributed by atoms with Crippen LogP contribution in [-0.2, 0) is 16.0 Å². The average molecular weight is 496 g/mol. The van der Waals surface area contributed by atoms with Gasteiger partial charge in [-0.05, 0) is 60.3 Å². The summed E-state index contributed by atoms with van der Waals surface area (Å²) in [6, 6.07) is 6.26. The van der Waals surface area contributed by atoms with E-state index in [1.54, 1.807) is 7.11 Å². The summed E-state index contributed by atoms with van der Waals surface area (Å²) < 4.78 is 5.21. The number of nitrogens with one attached hydrogen (secondary N) is 2. The van der Waals surface area contributed by atoms with E-state index in [9.17, 15) is 9.90 Å². The molecule has 4 atom stereocenters. The molecule has 34 heavy (non-hydrogen) atoms. The first-order valence-corrected chi connectivity index (χ1v) is 12.3. The predicted octanol–water partition coefficient (Wildman–Crippen LogP) is 4.79. The molecule has 0 spiro atoms. The zero-order chi connectivity index (χ0) is 24.8. The molecule has 194 valence electrons. The van der Waals surface area contributed by atoms with Gasteiger partial charge < -0.3 is 25.9 Å². The molecule has 5 N–H and O–H groups in total. The fraction of sp³-hybridized carbons (Fsp3) is 0.667. The van der Waals surface area contributed by atoms with E-state index in [1.165, 1.54) is 16.5 Å². The van der Waals surface area contributed by atoms with Crippen molar-refractivity contribution < 1.29 is 14.6 Å². The average Bonchev–Trinajstić information content (AvgIpc) is 3.16. The molecule has 0 aliphatic heterocycles. The number of aromatic nitrogens is 1. The van der Waals surface area contributed by atoms with E-state index in [-0.39, 0.29) is 24.9 Å². The monoisotopic (exact) mass is 495 g/mol. The van der Waals surface area contributed by atoms with Gasteiger partial charge in [-0.3, -0.25) is 4.79 Å². The van der Waals surface area contributed by atoms with E-state index in [2.05, 4.69) is 55.5 Å². The lowest BCUT2D eigenvalue weighted by molar-refractivity contribution is -0.129. The molecule has 0 bridgehead atoms. The van der Waals surface area contributed by atoms with E-state index in [0.717, 1.165) is 25.0 Å². The number of aryl methyl sites for hydroxylation is 1. The number of nitrogens with two attached hydrogens (primary N) is 1. The van der Waals surface area contributed by atoms with Crippen LogP contribution in [0.4, 0.5) is 0 Å². The molecule has 1 aromatic carbocycles. The molecule has 1 aromatic heterocycles. The van der Waals surface area contributed by atoms with Crippen molar-refractivity contribution in [2.45, 2.75) is 78.9 Å². The van der Waals surface area contributed by atoms with Crippen LogP contribution < -0.4 is 11.1 Å². The number of ether oxygens (including phenoxy) is 1. The Balaban J connectivity index is 0.00000578. The molecule has 0 saturated heterocycles. The summed E-state index contributed by atoms with van der Waals surface area (Å²) in [4.78, 5) is 15.5. The number of H-pyrrole nitrogens is 1. The third-order valence-electron chi connectivity index (χ3n) is 6.80. The second-order valence-electron chi connectivity index (χ2n) is 10.8. The van der Waals surface area contributed by atoms with Crippen molar-refractivity contribution in [2.75, 3.05) is 20.3 Å². The van der Waals surface area contributed by atoms with Crippen LogP contribution in [0.1, 0.15) is 71.4 Å². The number of amides is 1. The van der Waals surface area contributed by atoms with Crippen LogP contribution in [0.3, 0.4) is 0 Å². The molecule has 7 heteroatoms. The Labute approximate surface area is 211 Å². The Kier molecular flexibility index (Phi) is 12.1. The summed E-state index contributed by atoms with van der Waals surface area (Å²) in [6.45, 7) is 13.2. The van der Waals surface area contributed by atoms with Crippen molar-refractivity contribution in [3.05, 3.63) is 35.5 Å². The molecular formula is C27H46ClN3O3. The van der Waals surface area contributed by atoms with Crippen LogP contribution >= 0.6 is 12.4 Å². The van der Waals surface area contributed by atoms with Gasteiger partial charge in [-0.15, -0.1) is 12.4 Å². The lowest BCUT2D eigenvalue weighted by Gasteiger charge is -2.32. The predicted molar refractivity (Wildman–Crippen MR) is 144 cm³/mol. The molecule has 6 nitrogen and oxygen atoms in total. The first kappa shape index (κ1) is 30.4. The van der Waals surface area contributed by atoms with Crippen molar-refractivity contribution in [1.29, 1.82) is 0 Å². The molecule has 1 amide bonds. The fourth-order valence-electron chi connectivity index (χ4n) is 4.48. The van der Waals surface area contributed by atoms with E-state index in [0.29, 0.717) is 24.2 Å². The Hall–Kier alpha value is -1.60. The van der Waals surface area contributed by atoms with Gasteiger partial charge in [-0.2, -0.15) is 0 Å². The number of aliphatic hydroxyl groups is 1. The number of carbonyl (C=O) groups is 1. The Morgan fingerprint density at radius 2 is 1.91 bits per heavy atom. The summed E-state index contributed by atoms with van der Waals surface area (Å²) in [6.07, 6.45) is 4.00. The van der Waals surface area contributed by atoms with Crippen LogP contribution in [0.25, 0.3) is 10.9 Å². The molecular weight excluding hydrogens is 450 g/mol. The van der Waals surface area contributed by atoms with Crippen LogP contribution in [0, 0.1) is 17.3 Å².